The molecule has 1 aliphatic heterocycles. The summed E-state index contributed by atoms with van der Waals surface area (Å²) in [5.74, 6) is -1.50. The van der Waals surface area contributed by atoms with Crippen molar-refractivity contribution in [1.29, 1.82) is 0 Å². The van der Waals surface area contributed by atoms with Gasteiger partial charge < -0.3 is 14.2 Å². The topological polar surface area (TPSA) is 104 Å². The Morgan fingerprint density at radius 3 is 2.62 bits per heavy atom. The summed E-state index contributed by atoms with van der Waals surface area (Å²) in [6.45, 7) is -0.234. The number of hydrogen-bond donors (Lipinski definition) is 1. The molecule has 0 saturated carbocycles. The van der Waals surface area contributed by atoms with Gasteiger partial charge in [-0.25, -0.2) is 18.2 Å². The van der Waals surface area contributed by atoms with E-state index in [1.807, 2.05) is 0 Å². The number of methoxy groups -OCH3 is 2. The number of carbonyl (C=O) groups excluding carboxylic acids is 1. The number of cyclic esters (lactones) is 1. The minimum atomic E-state index is -4.30. The van der Waals surface area contributed by atoms with Crippen molar-refractivity contribution in [3.8, 4) is 22.6 Å². The molecule has 8 nitrogen and oxygen atoms in total. The third-order valence-electron chi connectivity index (χ3n) is 4.81. The molecule has 0 aliphatic carbocycles. The van der Waals surface area contributed by atoms with Gasteiger partial charge >= 0.3 is 5.97 Å². The van der Waals surface area contributed by atoms with Crippen LogP contribution in [0.1, 0.15) is 15.9 Å². The number of hydrogen-bond acceptors (Lipinski definition) is 7. The lowest BCUT2D eigenvalue weighted by atomic mass is 10.0. The summed E-state index contributed by atoms with van der Waals surface area (Å²) in [6.07, 6.45) is 1.25. The Bertz CT molecular complexity index is 1350. The molecule has 11 heteroatoms. The second kappa shape index (κ2) is 8.29. The number of sulfonamides is 1. The van der Waals surface area contributed by atoms with Crippen LogP contribution in [0.25, 0.3) is 11.1 Å². The van der Waals surface area contributed by atoms with Crippen LogP contribution in [-0.4, -0.2) is 33.6 Å². The molecule has 2 aromatic carbocycles. The normalized spacial score (nSPS) is 14.6. The summed E-state index contributed by atoms with van der Waals surface area (Å²) < 4.78 is 58.6. The molecular formula is C21H16ClFN2O6S. The van der Waals surface area contributed by atoms with Crippen molar-refractivity contribution < 1.29 is 31.8 Å². The van der Waals surface area contributed by atoms with Crippen LogP contribution >= 0.6 is 11.6 Å². The zero-order valence-corrected chi connectivity index (χ0v) is 18.4. The highest BCUT2D eigenvalue weighted by atomic mass is 35.5. The van der Waals surface area contributed by atoms with Crippen LogP contribution in [0.2, 0.25) is 5.02 Å². The minimum Gasteiger partial charge on any atom is -0.495 e. The predicted molar refractivity (Wildman–Crippen MR) is 114 cm³/mol. The summed E-state index contributed by atoms with van der Waals surface area (Å²) in [5.41, 5.74) is 1.22. The first-order valence-electron chi connectivity index (χ1n) is 9.14. The molecular weight excluding hydrogens is 463 g/mol. The maximum Gasteiger partial charge on any atom is 0.338 e. The molecule has 0 spiro atoms. The number of nitrogens with one attached hydrogen (secondary N) is 1. The third-order valence-corrected chi connectivity index (χ3v) is 6.46. The zero-order valence-electron chi connectivity index (χ0n) is 16.8. The molecule has 32 heavy (non-hydrogen) atoms. The van der Waals surface area contributed by atoms with Crippen LogP contribution in [0.15, 0.2) is 47.5 Å². The van der Waals surface area contributed by atoms with E-state index in [4.69, 9.17) is 25.8 Å². The maximum absolute atomic E-state index is 13.9. The minimum absolute atomic E-state index is 0.0863. The third kappa shape index (κ3) is 3.94. The lowest BCUT2D eigenvalue weighted by Crippen LogP contribution is -2.16. The van der Waals surface area contributed by atoms with E-state index < -0.39 is 21.9 Å². The largest absolute Gasteiger partial charge is 0.495 e. The summed E-state index contributed by atoms with van der Waals surface area (Å²) in [4.78, 5) is 15.9. The number of nitrogens with zero attached hydrogens (tertiary/aromatic N) is 1. The van der Waals surface area contributed by atoms with Crippen LogP contribution in [0.3, 0.4) is 0 Å². The molecule has 3 aromatic rings. The van der Waals surface area contributed by atoms with Crippen molar-refractivity contribution in [3.05, 3.63) is 64.7 Å². The first-order valence-corrected chi connectivity index (χ1v) is 11.0. The van der Waals surface area contributed by atoms with Crippen molar-refractivity contribution in [3.63, 3.8) is 0 Å². The van der Waals surface area contributed by atoms with Gasteiger partial charge in [-0.1, -0.05) is 17.7 Å². The highest BCUT2D eigenvalue weighted by Gasteiger charge is 2.27. The van der Waals surface area contributed by atoms with E-state index in [0.29, 0.717) is 16.7 Å². The van der Waals surface area contributed by atoms with Crippen LogP contribution in [-0.2, 0) is 21.4 Å². The molecule has 1 aliphatic rings. The highest BCUT2D eigenvalue weighted by molar-refractivity contribution is 7.92. The number of fused-ring (bicyclic) bond motifs is 6. The summed E-state index contributed by atoms with van der Waals surface area (Å²) in [6, 6.07) is 8.14. The smallest absolute Gasteiger partial charge is 0.338 e. The van der Waals surface area contributed by atoms with Crippen LogP contribution in [0.5, 0.6) is 11.5 Å². The zero-order chi connectivity index (χ0) is 23.0. The fourth-order valence-electron chi connectivity index (χ4n) is 3.31. The number of ether oxygens (including phenoxy) is 3. The molecule has 0 unspecified atom stereocenters. The summed E-state index contributed by atoms with van der Waals surface area (Å²) >= 11 is 6.19. The Hall–Kier alpha value is -3.37. The number of carbonyl (C=O) groups is 1. The molecule has 0 atom stereocenters. The number of pyridine rings is 1. The first-order chi connectivity index (χ1) is 15.2. The van der Waals surface area contributed by atoms with Gasteiger partial charge in [-0.05, 0) is 35.4 Å². The lowest BCUT2D eigenvalue weighted by molar-refractivity contribution is 0.0472. The number of rotatable bonds is 2. The average Bonchev–Trinajstić information content (AvgIpc) is 2.76. The van der Waals surface area contributed by atoms with Crippen molar-refractivity contribution in [2.45, 2.75) is 11.5 Å². The van der Waals surface area contributed by atoms with Crippen molar-refractivity contribution >= 4 is 33.3 Å². The van der Waals surface area contributed by atoms with Gasteiger partial charge in [-0.3, -0.25) is 4.72 Å². The monoisotopic (exact) mass is 478 g/mol. The average molecular weight is 479 g/mol. The summed E-state index contributed by atoms with van der Waals surface area (Å²) in [7, 11) is -1.67. The molecule has 0 radical (unpaired) electrons. The van der Waals surface area contributed by atoms with Gasteiger partial charge in [0.1, 0.15) is 17.3 Å². The SMILES string of the molecule is COc1ccc2cc1NS(=O)(=O)c1cc(cc(Cl)c1OC)C(=O)OCc1cnc(F)cc1-2. The second-order valence-corrected chi connectivity index (χ2v) is 8.81. The quantitative estimate of drug-likeness (QED) is 0.438. The number of benzene rings is 2. The molecule has 1 aromatic heterocycles. The van der Waals surface area contributed by atoms with E-state index in [1.54, 1.807) is 6.07 Å². The van der Waals surface area contributed by atoms with E-state index in [-0.39, 0.29) is 39.3 Å². The van der Waals surface area contributed by atoms with Gasteiger partial charge in [-0.15, -0.1) is 0 Å². The van der Waals surface area contributed by atoms with Gasteiger partial charge in [0.25, 0.3) is 10.0 Å². The Morgan fingerprint density at radius 1 is 1.12 bits per heavy atom. The molecule has 2 heterocycles. The Kier molecular flexibility index (Phi) is 5.66. The van der Waals surface area contributed by atoms with Gasteiger partial charge in [0.15, 0.2) is 5.75 Å². The fraction of sp³-hybridized carbons (Fsp3) is 0.143. The number of esters is 1. The summed E-state index contributed by atoms with van der Waals surface area (Å²) in [5, 5.41) is -0.0953. The Morgan fingerprint density at radius 2 is 1.91 bits per heavy atom. The van der Waals surface area contributed by atoms with E-state index in [0.717, 1.165) is 6.07 Å². The van der Waals surface area contributed by atoms with Gasteiger partial charge in [0, 0.05) is 17.8 Å². The lowest BCUT2D eigenvalue weighted by Gasteiger charge is -2.16. The molecule has 1 N–H and O–H groups in total. The maximum atomic E-state index is 13.9. The predicted octanol–water partition coefficient (Wildman–Crippen LogP) is 4.03. The second-order valence-electron chi connectivity index (χ2n) is 6.75. The molecule has 0 amide bonds. The Labute approximate surface area is 188 Å². The van der Waals surface area contributed by atoms with Crippen molar-refractivity contribution in [1.82, 2.24) is 4.98 Å². The molecule has 4 bridgehead atoms. The van der Waals surface area contributed by atoms with Gasteiger partial charge in [0.05, 0.1) is 30.5 Å². The van der Waals surface area contributed by atoms with Crippen molar-refractivity contribution in [2.24, 2.45) is 0 Å². The fourth-order valence-corrected chi connectivity index (χ4v) is 4.94. The number of halogens is 2. The standard InChI is InChI=1S/C21H16ClFN2O6S/c1-29-17-4-3-11-6-16(17)25-32(27,28)18-7-12(5-15(22)20(18)30-2)21(26)31-10-13-9-24-19(23)8-14(11)13/h3-9,25H,10H2,1-2H3. The van der Waals surface area contributed by atoms with Crippen LogP contribution < -0.4 is 14.2 Å². The van der Waals surface area contributed by atoms with E-state index in [1.165, 1.54) is 44.7 Å². The number of anilines is 1. The van der Waals surface area contributed by atoms with E-state index in [9.17, 15) is 17.6 Å². The first kappa shape index (κ1) is 21.8. The van der Waals surface area contributed by atoms with Gasteiger partial charge in [0.2, 0.25) is 5.95 Å². The van der Waals surface area contributed by atoms with E-state index >= 15 is 0 Å². The van der Waals surface area contributed by atoms with Gasteiger partial charge in [-0.2, -0.15) is 4.39 Å². The van der Waals surface area contributed by atoms with E-state index in [2.05, 4.69) is 9.71 Å². The molecule has 166 valence electrons. The molecule has 0 saturated heterocycles. The molecule has 4 rings (SSSR count). The van der Waals surface area contributed by atoms with Crippen molar-refractivity contribution in [2.75, 3.05) is 18.9 Å². The molecule has 0 fully saturated rings. The number of aromatic nitrogens is 1. The van der Waals surface area contributed by atoms with Crippen LogP contribution in [0, 0.1) is 5.95 Å². The highest BCUT2D eigenvalue weighted by Crippen LogP contribution is 2.38. The Balaban J connectivity index is 2.01. The van der Waals surface area contributed by atoms with Crippen LogP contribution in [0.4, 0.5) is 10.1 Å².